The quantitative estimate of drug-likeness (QED) is 0.896. The minimum atomic E-state index is -0.497. The molecule has 2 aromatic rings. The molecular formula is C14H18N6O2. The van der Waals surface area contributed by atoms with E-state index in [0.717, 1.165) is 11.3 Å². The molecule has 2 amide bonds. The van der Waals surface area contributed by atoms with E-state index in [9.17, 15) is 4.79 Å². The summed E-state index contributed by atoms with van der Waals surface area (Å²) < 4.78 is 7.15. The van der Waals surface area contributed by atoms with Crippen molar-refractivity contribution in [3.8, 4) is 5.75 Å². The van der Waals surface area contributed by atoms with Gasteiger partial charge in [0.25, 0.3) is 5.95 Å². The van der Waals surface area contributed by atoms with Gasteiger partial charge in [0.2, 0.25) is 0 Å². The van der Waals surface area contributed by atoms with E-state index in [-0.39, 0.29) is 6.03 Å². The Morgan fingerprint density at radius 1 is 1.45 bits per heavy atom. The first-order valence-corrected chi connectivity index (χ1v) is 7.20. The minimum absolute atomic E-state index is 0.323. The molecule has 1 aromatic heterocycles. The molecule has 2 N–H and O–H groups in total. The van der Waals surface area contributed by atoms with Crippen molar-refractivity contribution in [2.45, 2.75) is 32.4 Å². The fraction of sp³-hybridized carbons (Fsp3) is 0.429. The summed E-state index contributed by atoms with van der Waals surface area (Å²) in [6.07, 6.45) is 0.691. The van der Waals surface area contributed by atoms with Crippen LogP contribution in [-0.4, -0.2) is 32.8 Å². The molecule has 22 heavy (non-hydrogen) atoms. The molecule has 0 radical (unpaired) electrons. The minimum Gasteiger partial charge on any atom is -0.493 e. The van der Waals surface area contributed by atoms with Crippen molar-refractivity contribution in [3.63, 3.8) is 0 Å². The lowest BCUT2D eigenvalue weighted by Crippen LogP contribution is -2.48. The number of nitrogens with one attached hydrogen (secondary N) is 2. The number of tetrazole rings is 1. The van der Waals surface area contributed by atoms with Gasteiger partial charge in [-0.25, -0.2) is 9.48 Å². The summed E-state index contributed by atoms with van der Waals surface area (Å²) in [5.41, 5.74) is 0.468. The van der Waals surface area contributed by atoms with E-state index in [0.29, 0.717) is 25.5 Å². The van der Waals surface area contributed by atoms with Crippen LogP contribution >= 0.6 is 0 Å². The zero-order valence-corrected chi connectivity index (χ0v) is 12.5. The van der Waals surface area contributed by atoms with E-state index in [2.05, 4.69) is 26.2 Å². The molecule has 0 fully saturated rings. The Kier molecular flexibility index (Phi) is 3.66. The number of nitrogens with zero attached hydrogens (tertiary/aromatic N) is 4. The van der Waals surface area contributed by atoms with Crippen molar-refractivity contribution in [1.82, 2.24) is 25.5 Å². The fourth-order valence-corrected chi connectivity index (χ4v) is 2.57. The Bertz CT molecular complexity index is 685. The maximum atomic E-state index is 12.3. The number of hydrogen-bond acceptors (Lipinski definition) is 5. The summed E-state index contributed by atoms with van der Waals surface area (Å²) in [7, 11) is 0. The Labute approximate surface area is 127 Å². The third kappa shape index (κ3) is 2.59. The summed E-state index contributed by atoms with van der Waals surface area (Å²) >= 11 is 0. The number of para-hydroxylation sites is 1. The van der Waals surface area contributed by atoms with E-state index in [1.165, 1.54) is 4.68 Å². The first-order chi connectivity index (χ1) is 10.6. The van der Waals surface area contributed by atoms with E-state index in [1.54, 1.807) is 0 Å². The summed E-state index contributed by atoms with van der Waals surface area (Å²) in [6.45, 7) is 5.02. The Hall–Kier alpha value is -2.64. The highest BCUT2D eigenvalue weighted by Gasteiger charge is 2.34. The lowest BCUT2D eigenvalue weighted by Gasteiger charge is -2.36. The normalized spacial score (nSPS) is 19.9. The van der Waals surface area contributed by atoms with Gasteiger partial charge < -0.3 is 10.1 Å². The van der Waals surface area contributed by atoms with Crippen molar-refractivity contribution in [2.24, 2.45) is 0 Å². The van der Waals surface area contributed by atoms with E-state index in [1.807, 2.05) is 38.1 Å². The molecule has 1 atom stereocenters. The van der Waals surface area contributed by atoms with E-state index < -0.39 is 5.54 Å². The number of hydrogen-bond donors (Lipinski definition) is 2. The molecule has 0 bridgehead atoms. The van der Waals surface area contributed by atoms with Crippen LogP contribution in [0.5, 0.6) is 5.75 Å². The number of carbonyl (C=O) groups is 1. The van der Waals surface area contributed by atoms with Crippen LogP contribution in [0.3, 0.4) is 0 Å². The predicted octanol–water partition coefficient (Wildman–Crippen LogP) is 1.51. The van der Waals surface area contributed by atoms with Crippen molar-refractivity contribution < 1.29 is 9.53 Å². The number of aryl methyl sites for hydroxylation is 1. The molecule has 116 valence electrons. The largest absolute Gasteiger partial charge is 0.493 e. The SMILES string of the molecule is CCn1nnnc1NC(=O)NC1(C)CCOc2ccccc21. The van der Waals surface area contributed by atoms with E-state index >= 15 is 0 Å². The zero-order chi connectivity index (χ0) is 15.6. The molecule has 1 unspecified atom stereocenters. The molecule has 1 aliphatic heterocycles. The Morgan fingerprint density at radius 2 is 2.27 bits per heavy atom. The van der Waals surface area contributed by atoms with Crippen LogP contribution in [0.4, 0.5) is 10.7 Å². The van der Waals surface area contributed by atoms with Crippen LogP contribution in [0, 0.1) is 0 Å². The first kappa shape index (κ1) is 14.3. The smallest absolute Gasteiger partial charge is 0.322 e. The van der Waals surface area contributed by atoms with Gasteiger partial charge in [-0.3, -0.25) is 5.32 Å². The van der Waals surface area contributed by atoms with Crippen LogP contribution in [0.15, 0.2) is 24.3 Å². The van der Waals surface area contributed by atoms with Crippen molar-refractivity contribution in [3.05, 3.63) is 29.8 Å². The van der Waals surface area contributed by atoms with Gasteiger partial charge in [-0.2, -0.15) is 0 Å². The van der Waals surface area contributed by atoms with E-state index in [4.69, 9.17) is 4.74 Å². The molecule has 0 aliphatic carbocycles. The average molecular weight is 302 g/mol. The number of urea groups is 1. The molecule has 0 saturated heterocycles. The maximum Gasteiger partial charge on any atom is 0.322 e. The lowest BCUT2D eigenvalue weighted by molar-refractivity contribution is 0.194. The number of fused-ring (bicyclic) bond motifs is 1. The van der Waals surface area contributed by atoms with Crippen molar-refractivity contribution >= 4 is 12.0 Å². The van der Waals surface area contributed by atoms with Gasteiger partial charge in [0.1, 0.15) is 5.75 Å². The standard InChI is InChI=1S/C14H18N6O2/c1-3-20-12(17-18-19-20)15-13(21)16-14(2)8-9-22-11-7-5-4-6-10(11)14/h4-7H,3,8-9H2,1-2H3,(H2,15,16,17,19,21). The summed E-state index contributed by atoms with van der Waals surface area (Å²) in [6, 6.07) is 7.38. The number of ether oxygens (including phenoxy) is 1. The molecule has 8 nitrogen and oxygen atoms in total. The monoisotopic (exact) mass is 302 g/mol. The number of benzene rings is 1. The predicted molar refractivity (Wildman–Crippen MR) is 79.6 cm³/mol. The molecule has 3 rings (SSSR count). The third-order valence-corrected chi connectivity index (χ3v) is 3.79. The molecule has 0 spiro atoms. The Balaban J connectivity index is 1.77. The molecule has 8 heteroatoms. The van der Waals surface area contributed by atoms with Crippen molar-refractivity contribution in [1.29, 1.82) is 0 Å². The second-order valence-corrected chi connectivity index (χ2v) is 5.32. The van der Waals surface area contributed by atoms with Gasteiger partial charge in [0.05, 0.1) is 12.1 Å². The zero-order valence-electron chi connectivity index (χ0n) is 12.5. The molecular weight excluding hydrogens is 284 g/mol. The highest BCUT2D eigenvalue weighted by atomic mass is 16.5. The second kappa shape index (κ2) is 5.63. The molecule has 2 heterocycles. The van der Waals surface area contributed by atoms with Crippen LogP contribution in [0.1, 0.15) is 25.8 Å². The van der Waals surface area contributed by atoms with Crippen molar-refractivity contribution in [2.75, 3.05) is 11.9 Å². The van der Waals surface area contributed by atoms with Gasteiger partial charge in [-0.1, -0.05) is 23.3 Å². The molecule has 0 saturated carbocycles. The number of carbonyl (C=O) groups excluding carboxylic acids is 1. The van der Waals surface area contributed by atoms with Gasteiger partial charge in [-0.05, 0) is 30.3 Å². The average Bonchev–Trinajstić information content (AvgIpc) is 2.94. The third-order valence-electron chi connectivity index (χ3n) is 3.79. The van der Waals surface area contributed by atoms with Gasteiger partial charge in [-0.15, -0.1) is 0 Å². The summed E-state index contributed by atoms with van der Waals surface area (Å²) in [5, 5.41) is 16.8. The Morgan fingerprint density at radius 3 is 3.09 bits per heavy atom. The van der Waals surface area contributed by atoms with Crippen LogP contribution in [0.2, 0.25) is 0 Å². The summed E-state index contributed by atoms with van der Waals surface area (Å²) in [5.74, 6) is 1.12. The van der Waals surface area contributed by atoms with Crippen LogP contribution in [-0.2, 0) is 12.1 Å². The number of amides is 2. The van der Waals surface area contributed by atoms with Crippen LogP contribution < -0.4 is 15.4 Å². The molecule has 1 aromatic carbocycles. The van der Waals surface area contributed by atoms with Gasteiger partial charge >= 0.3 is 6.03 Å². The van der Waals surface area contributed by atoms with Crippen LogP contribution in [0.25, 0.3) is 0 Å². The topological polar surface area (TPSA) is 94.0 Å². The maximum absolute atomic E-state index is 12.3. The molecule has 1 aliphatic rings. The summed E-state index contributed by atoms with van der Waals surface area (Å²) in [4.78, 5) is 12.3. The van der Waals surface area contributed by atoms with Gasteiger partial charge in [0.15, 0.2) is 0 Å². The first-order valence-electron chi connectivity index (χ1n) is 7.20. The fourth-order valence-electron chi connectivity index (χ4n) is 2.57. The number of rotatable bonds is 3. The highest BCUT2D eigenvalue weighted by molar-refractivity contribution is 5.88. The lowest BCUT2D eigenvalue weighted by atomic mass is 9.86. The van der Waals surface area contributed by atoms with Gasteiger partial charge in [0, 0.05) is 18.5 Å². The number of anilines is 1. The number of aromatic nitrogens is 4. The second-order valence-electron chi connectivity index (χ2n) is 5.32. The highest BCUT2D eigenvalue weighted by Crippen LogP contribution is 2.36.